The van der Waals surface area contributed by atoms with E-state index in [9.17, 15) is 0 Å². The summed E-state index contributed by atoms with van der Waals surface area (Å²) >= 11 is 9.53. The maximum absolute atomic E-state index is 6.06. The molecule has 0 aliphatic carbocycles. The van der Waals surface area contributed by atoms with Crippen molar-refractivity contribution in [3.05, 3.63) is 58.6 Å². The van der Waals surface area contributed by atoms with Gasteiger partial charge in [0, 0.05) is 10.9 Å². The Morgan fingerprint density at radius 3 is 2.59 bits per heavy atom. The average Bonchev–Trinajstić information content (AvgIpc) is 2.34. The molecule has 0 fully saturated rings. The lowest BCUT2D eigenvalue weighted by Crippen LogP contribution is -1.90. The van der Waals surface area contributed by atoms with Gasteiger partial charge in [-0.1, -0.05) is 57.4 Å². The molecule has 0 saturated carbocycles. The normalized spacial score (nSPS) is 10.3. The van der Waals surface area contributed by atoms with Crippen LogP contribution in [0.25, 0.3) is 0 Å². The Morgan fingerprint density at radius 2 is 1.88 bits per heavy atom. The van der Waals surface area contributed by atoms with Gasteiger partial charge in [0.2, 0.25) is 0 Å². The maximum Gasteiger partial charge on any atom is 0.146 e. The van der Waals surface area contributed by atoms with Crippen molar-refractivity contribution in [2.45, 2.75) is 12.3 Å². The van der Waals surface area contributed by atoms with E-state index in [0.29, 0.717) is 10.8 Å². The van der Waals surface area contributed by atoms with Crippen molar-refractivity contribution in [1.29, 1.82) is 0 Å². The molecule has 0 aliphatic rings. The lowest BCUT2D eigenvalue weighted by atomic mass is 10.1. The Labute approximate surface area is 115 Å². The van der Waals surface area contributed by atoms with Gasteiger partial charge in [0.15, 0.2) is 0 Å². The van der Waals surface area contributed by atoms with Crippen molar-refractivity contribution < 1.29 is 4.74 Å². The molecule has 0 bridgehead atoms. The third-order valence-electron chi connectivity index (χ3n) is 2.42. The summed E-state index contributed by atoms with van der Waals surface area (Å²) in [5, 5.41) is 1.38. The van der Waals surface area contributed by atoms with E-state index in [-0.39, 0.29) is 0 Å². The lowest BCUT2D eigenvalue weighted by Gasteiger charge is -2.11. The Balaban J connectivity index is 2.33. The van der Waals surface area contributed by atoms with Crippen LogP contribution in [-0.2, 0) is 5.33 Å². The first kappa shape index (κ1) is 12.5. The Bertz CT molecular complexity index is 525. The summed E-state index contributed by atoms with van der Waals surface area (Å²) in [6.45, 7) is 2.06. The zero-order valence-electron chi connectivity index (χ0n) is 9.41. The molecule has 0 saturated heterocycles. The van der Waals surface area contributed by atoms with E-state index in [1.807, 2.05) is 36.4 Å². The Morgan fingerprint density at radius 1 is 1.12 bits per heavy atom. The third kappa shape index (κ3) is 3.02. The van der Waals surface area contributed by atoms with E-state index in [0.717, 1.165) is 16.6 Å². The van der Waals surface area contributed by atoms with Crippen molar-refractivity contribution in [2.24, 2.45) is 0 Å². The molecule has 88 valence electrons. The zero-order chi connectivity index (χ0) is 12.3. The molecule has 0 heterocycles. The summed E-state index contributed by atoms with van der Waals surface area (Å²) in [5.41, 5.74) is 2.33. The van der Waals surface area contributed by atoms with Crippen molar-refractivity contribution in [1.82, 2.24) is 0 Å². The molecule has 2 aromatic rings. The van der Waals surface area contributed by atoms with Crippen LogP contribution in [0.15, 0.2) is 42.5 Å². The molecule has 2 aromatic carbocycles. The van der Waals surface area contributed by atoms with Gasteiger partial charge in [0.25, 0.3) is 0 Å². The number of benzene rings is 2. The predicted molar refractivity (Wildman–Crippen MR) is 75.3 cm³/mol. The summed E-state index contributed by atoms with van der Waals surface area (Å²) in [7, 11) is 0. The molecule has 0 spiro atoms. The minimum Gasteiger partial charge on any atom is -0.455 e. The summed E-state index contributed by atoms with van der Waals surface area (Å²) in [5.74, 6) is 1.51. The van der Waals surface area contributed by atoms with Gasteiger partial charge in [-0.25, -0.2) is 0 Å². The molecule has 2 rings (SSSR count). The van der Waals surface area contributed by atoms with Crippen molar-refractivity contribution >= 4 is 27.5 Å². The van der Waals surface area contributed by atoms with Crippen LogP contribution in [0.1, 0.15) is 11.1 Å². The van der Waals surface area contributed by atoms with E-state index in [1.54, 1.807) is 0 Å². The average molecular weight is 312 g/mol. The molecule has 0 amide bonds. The number of rotatable bonds is 3. The van der Waals surface area contributed by atoms with Gasteiger partial charge >= 0.3 is 0 Å². The largest absolute Gasteiger partial charge is 0.455 e. The molecule has 0 N–H and O–H groups in total. The number of alkyl halides is 1. The number of ether oxygens (including phenoxy) is 1. The van der Waals surface area contributed by atoms with Crippen LogP contribution < -0.4 is 4.74 Å². The molecule has 0 aromatic heterocycles. The fourth-order valence-corrected chi connectivity index (χ4v) is 2.17. The van der Waals surface area contributed by atoms with Gasteiger partial charge in [0.05, 0.1) is 5.02 Å². The number of para-hydroxylation sites is 1. The number of hydrogen-bond donors (Lipinski definition) is 0. The SMILES string of the molecule is Cc1ccc(Oc2ccccc2Cl)c(CBr)c1. The van der Waals surface area contributed by atoms with Gasteiger partial charge in [-0.15, -0.1) is 0 Å². The summed E-state index contributed by atoms with van der Waals surface area (Å²) in [4.78, 5) is 0. The number of halogens is 2. The van der Waals surface area contributed by atoms with Gasteiger partial charge in [-0.05, 0) is 25.1 Å². The molecular formula is C14H12BrClO. The van der Waals surface area contributed by atoms with Crippen LogP contribution in [0.3, 0.4) is 0 Å². The molecular weight excluding hydrogens is 300 g/mol. The van der Waals surface area contributed by atoms with Gasteiger partial charge < -0.3 is 4.74 Å². The first-order chi connectivity index (χ1) is 8.20. The fraction of sp³-hybridized carbons (Fsp3) is 0.143. The molecule has 0 radical (unpaired) electrons. The minimum absolute atomic E-state index is 0.619. The van der Waals surface area contributed by atoms with Crippen LogP contribution in [0.4, 0.5) is 0 Å². The Kier molecular flexibility index (Phi) is 4.08. The lowest BCUT2D eigenvalue weighted by molar-refractivity contribution is 0.478. The topological polar surface area (TPSA) is 9.23 Å². The maximum atomic E-state index is 6.06. The highest BCUT2D eigenvalue weighted by atomic mass is 79.9. The van der Waals surface area contributed by atoms with Crippen LogP contribution in [-0.4, -0.2) is 0 Å². The molecule has 1 nitrogen and oxygen atoms in total. The van der Waals surface area contributed by atoms with Crippen molar-refractivity contribution in [2.75, 3.05) is 0 Å². The Hall–Kier alpha value is -0.990. The summed E-state index contributed by atoms with van der Waals surface area (Å²) < 4.78 is 5.82. The first-order valence-corrected chi connectivity index (χ1v) is 6.78. The van der Waals surface area contributed by atoms with E-state index in [1.165, 1.54) is 5.56 Å². The monoisotopic (exact) mass is 310 g/mol. The van der Waals surface area contributed by atoms with E-state index in [4.69, 9.17) is 16.3 Å². The van der Waals surface area contributed by atoms with E-state index < -0.39 is 0 Å². The van der Waals surface area contributed by atoms with Gasteiger partial charge in [0.1, 0.15) is 11.5 Å². The van der Waals surface area contributed by atoms with E-state index >= 15 is 0 Å². The summed E-state index contributed by atoms with van der Waals surface area (Å²) in [6, 6.07) is 13.6. The summed E-state index contributed by atoms with van der Waals surface area (Å²) in [6.07, 6.45) is 0. The van der Waals surface area contributed by atoms with Crippen molar-refractivity contribution in [3.8, 4) is 11.5 Å². The minimum atomic E-state index is 0.619. The highest BCUT2D eigenvalue weighted by molar-refractivity contribution is 9.08. The quantitative estimate of drug-likeness (QED) is 0.696. The second-order valence-corrected chi connectivity index (χ2v) is 4.75. The van der Waals surface area contributed by atoms with Crippen LogP contribution in [0.5, 0.6) is 11.5 Å². The smallest absolute Gasteiger partial charge is 0.146 e. The van der Waals surface area contributed by atoms with Gasteiger partial charge in [-0.2, -0.15) is 0 Å². The standard InChI is InChI=1S/C14H12BrClO/c1-10-6-7-13(11(8-10)9-15)17-14-5-3-2-4-12(14)16/h2-8H,9H2,1H3. The first-order valence-electron chi connectivity index (χ1n) is 5.28. The second kappa shape index (κ2) is 5.56. The zero-order valence-corrected chi connectivity index (χ0v) is 11.8. The van der Waals surface area contributed by atoms with Crippen LogP contribution in [0.2, 0.25) is 5.02 Å². The van der Waals surface area contributed by atoms with Crippen LogP contribution >= 0.6 is 27.5 Å². The number of aryl methyl sites for hydroxylation is 1. The van der Waals surface area contributed by atoms with Crippen LogP contribution in [0, 0.1) is 6.92 Å². The fourth-order valence-electron chi connectivity index (χ4n) is 1.56. The molecule has 0 aliphatic heterocycles. The highest BCUT2D eigenvalue weighted by Crippen LogP contribution is 2.32. The molecule has 0 atom stereocenters. The molecule has 17 heavy (non-hydrogen) atoms. The molecule has 0 unspecified atom stereocenters. The number of hydrogen-bond acceptors (Lipinski definition) is 1. The van der Waals surface area contributed by atoms with Gasteiger partial charge in [-0.3, -0.25) is 0 Å². The second-order valence-electron chi connectivity index (χ2n) is 3.78. The molecule has 3 heteroatoms. The third-order valence-corrected chi connectivity index (χ3v) is 3.33. The predicted octanol–water partition coefficient (Wildman–Crippen LogP) is 5.34. The van der Waals surface area contributed by atoms with E-state index in [2.05, 4.69) is 28.9 Å². The highest BCUT2D eigenvalue weighted by Gasteiger charge is 2.06. The van der Waals surface area contributed by atoms with Crippen molar-refractivity contribution in [3.63, 3.8) is 0 Å².